The minimum Gasteiger partial charge on any atom is -0.387 e. The molecule has 0 bridgehead atoms. The second-order valence-corrected chi connectivity index (χ2v) is 5.01. The first-order chi connectivity index (χ1) is 9.22. The lowest BCUT2D eigenvalue weighted by atomic mass is 10.0. The highest BCUT2D eigenvalue weighted by Gasteiger charge is 2.17. The van der Waals surface area contributed by atoms with Crippen molar-refractivity contribution < 1.29 is 0 Å². The highest BCUT2D eigenvalue weighted by Crippen LogP contribution is 2.15. The summed E-state index contributed by atoms with van der Waals surface area (Å²) in [4.78, 5) is 12.9. The first kappa shape index (κ1) is 12.2. The lowest BCUT2D eigenvalue weighted by molar-refractivity contribution is 0.621. The molecule has 0 aromatic carbocycles. The number of aromatic nitrogens is 2. The second kappa shape index (κ2) is 5.05. The van der Waals surface area contributed by atoms with Gasteiger partial charge in [-0.1, -0.05) is 6.07 Å². The molecule has 2 N–H and O–H groups in total. The minimum absolute atomic E-state index is 0.195. The summed E-state index contributed by atoms with van der Waals surface area (Å²) in [5, 5.41) is 0.474. The lowest BCUT2D eigenvalue weighted by Crippen LogP contribution is -2.30. The van der Waals surface area contributed by atoms with Crippen LogP contribution in [-0.2, 0) is 6.42 Å². The van der Waals surface area contributed by atoms with Crippen LogP contribution < -0.4 is 5.73 Å². The number of aliphatic imine (C=N–C) groups is 2. The number of nitrogens with zero attached hydrogens (tertiary/aromatic N) is 4. The molecule has 3 rings (SSSR count). The standard InChI is InChI=1S/C13H15N5S/c14-12-9(7-15-13(19)17-12)4-5-10-8-18-6-2-1-3-11(18)16-10/h1-3,6,8-9H,4-5,7H2,(H3,14,15,17,19). The number of thiol groups is 1. The maximum absolute atomic E-state index is 5.90. The highest BCUT2D eigenvalue weighted by atomic mass is 32.1. The normalized spacial score (nSPS) is 19.3. The molecule has 0 saturated heterocycles. The molecule has 5 nitrogen and oxygen atoms in total. The number of fused-ring (bicyclic) bond motifs is 1. The van der Waals surface area contributed by atoms with Crippen LogP contribution in [0.1, 0.15) is 12.1 Å². The maximum Gasteiger partial charge on any atom is 0.181 e. The fourth-order valence-electron chi connectivity index (χ4n) is 2.20. The molecule has 3 heterocycles. The molecule has 6 heteroatoms. The van der Waals surface area contributed by atoms with Gasteiger partial charge in [0.15, 0.2) is 5.17 Å². The molecule has 0 radical (unpaired) electrons. The zero-order valence-electron chi connectivity index (χ0n) is 10.4. The number of amidine groups is 2. The summed E-state index contributed by atoms with van der Waals surface area (Å²) in [6.45, 7) is 0.668. The van der Waals surface area contributed by atoms with Gasteiger partial charge < -0.3 is 10.1 Å². The van der Waals surface area contributed by atoms with Crippen LogP contribution in [0.2, 0.25) is 0 Å². The summed E-state index contributed by atoms with van der Waals surface area (Å²) in [6.07, 6.45) is 5.84. The van der Waals surface area contributed by atoms with Gasteiger partial charge >= 0.3 is 0 Å². The number of aryl methyl sites for hydroxylation is 1. The average molecular weight is 273 g/mol. The van der Waals surface area contributed by atoms with Gasteiger partial charge in [-0.15, -0.1) is 12.6 Å². The molecule has 0 amide bonds. The molecule has 2 aromatic rings. The fourth-order valence-corrected chi connectivity index (χ4v) is 2.39. The maximum atomic E-state index is 5.90. The number of nitrogens with two attached hydrogens (primary N) is 1. The van der Waals surface area contributed by atoms with Gasteiger partial charge in [0.1, 0.15) is 11.5 Å². The second-order valence-electron chi connectivity index (χ2n) is 4.61. The van der Waals surface area contributed by atoms with Crippen LogP contribution >= 0.6 is 12.6 Å². The Morgan fingerprint density at radius 3 is 3.11 bits per heavy atom. The van der Waals surface area contributed by atoms with E-state index in [4.69, 9.17) is 5.73 Å². The van der Waals surface area contributed by atoms with E-state index in [2.05, 4.69) is 33.8 Å². The molecule has 0 fully saturated rings. The molecular formula is C13H15N5S. The van der Waals surface area contributed by atoms with Gasteiger partial charge in [0.05, 0.1) is 12.2 Å². The van der Waals surface area contributed by atoms with Gasteiger partial charge in [0.2, 0.25) is 0 Å². The largest absolute Gasteiger partial charge is 0.387 e. The van der Waals surface area contributed by atoms with Crippen molar-refractivity contribution in [1.29, 1.82) is 0 Å². The van der Waals surface area contributed by atoms with Gasteiger partial charge in [-0.3, -0.25) is 4.99 Å². The Labute approximate surface area is 116 Å². The molecule has 19 heavy (non-hydrogen) atoms. The van der Waals surface area contributed by atoms with Gasteiger partial charge in [-0.05, 0) is 25.0 Å². The highest BCUT2D eigenvalue weighted by molar-refractivity contribution is 7.96. The Bertz CT molecular complexity index is 625. The summed E-state index contributed by atoms with van der Waals surface area (Å²) in [5.74, 6) is 0.824. The van der Waals surface area contributed by atoms with Crippen molar-refractivity contribution in [3.63, 3.8) is 0 Å². The Morgan fingerprint density at radius 1 is 1.42 bits per heavy atom. The van der Waals surface area contributed by atoms with Gasteiger partial charge in [-0.25, -0.2) is 9.98 Å². The zero-order valence-corrected chi connectivity index (χ0v) is 11.3. The smallest absolute Gasteiger partial charge is 0.181 e. The van der Waals surface area contributed by atoms with E-state index in [0.29, 0.717) is 17.5 Å². The molecule has 1 unspecified atom stereocenters. The Balaban J connectivity index is 1.68. The predicted molar refractivity (Wildman–Crippen MR) is 79.9 cm³/mol. The Hall–Kier alpha value is -1.82. The van der Waals surface area contributed by atoms with E-state index in [9.17, 15) is 0 Å². The zero-order chi connectivity index (χ0) is 13.2. The molecule has 2 aromatic heterocycles. The van der Waals surface area contributed by atoms with E-state index in [1.54, 1.807) is 0 Å². The molecule has 1 aliphatic heterocycles. The third-order valence-electron chi connectivity index (χ3n) is 3.26. The van der Waals surface area contributed by atoms with Crippen LogP contribution in [0.3, 0.4) is 0 Å². The van der Waals surface area contributed by atoms with E-state index in [1.165, 1.54) is 0 Å². The fraction of sp³-hybridized carbons (Fsp3) is 0.308. The first-order valence-electron chi connectivity index (χ1n) is 6.22. The van der Waals surface area contributed by atoms with Crippen LogP contribution in [0.15, 0.2) is 40.6 Å². The van der Waals surface area contributed by atoms with Crippen molar-refractivity contribution in [2.24, 2.45) is 21.6 Å². The Kier molecular flexibility index (Phi) is 3.25. The van der Waals surface area contributed by atoms with Crippen LogP contribution in [-0.4, -0.2) is 26.9 Å². The molecule has 0 spiro atoms. The quantitative estimate of drug-likeness (QED) is 0.833. The van der Waals surface area contributed by atoms with E-state index in [0.717, 1.165) is 24.2 Å². The topological polar surface area (TPSA) is 68.0 Å². The van der Waals surface area contributed by atoms with E-state index in [-0.39, 0.29) is 5.92 Å². The van der Waals surface area contributed by atoms with E-state index in [1.807, 2.05) is 28.8 Å². The predicted octanol–water partition coefficient (Wildman–Crippen LogP) is 1.54. The van der Waals surface area contributed by atoms with Crippen molar-refractivity contribution in [3.8, 4) is 0 Å². The third kappa shape index (κ3) is 2.63. The Morgan fingerprint density at radius 2 is 2.32 bits per heavy atom. The van der Waals surface area contributed by atoms with Crippen LogP contribution in [0, 0.1) is 5.92 Å². The molecule has 0 aliphatic carbocycles. The molecule has 0 saturated carbocycles. The number of rotatable bonds is 3. The van der Waals surface area contributed by atoms with Crippen molar-refractivity contribution in [2.75, 3.05) is 6.54 Å². The van der Waals surface area contributed by atoms with Crippen LogP contribution in [0.4, 0.5) is 0 Å². The minimum atomic E-state index is 0.195. The van der Waals surface area contributed by atoms with Crippen molar-refractivity contribution in [3.05, 3.63) is 36.3 Å². The van der Waals surface area contributed by atoms with Gasteiger partial charge in [-0.2, -0.15) is 0 Å². The van der Waals surface area contributed by atoms with Crippen LogP contribution in [0.5, 0.6) is 0 Å². The summed E-state index contributed by atoms with van der Waals surface area (Å²) in [7, 11) is 0. The number of hydrogen-bond donors (Lipinski definition) is 2. The van der Waals surface area contributed by atoms with Crippen molar-refractivity contribution in [1.82, 2.24) is 9.38 Å². The number of pyridine rings is 1. The molecule has 98 valence electrons. The summed E-state index contributed by atoms with van der Waals surface area (Å²) in [6, 6.07) is 5.98. The molecular weight excluding hydrogens is 258 g/mol. The van der Waals surface area contributed by atoms with Crippen molar-refractivity contribution in [2.45, 2.75) is 12.8 Å². The van der Waals surface area contributed by atoms with E-state index < -0.39 is 0 Å². The van der Waals surface area contributed by atoms with Gasteiger partial charge in [0, 0.05) is 18.3 Å². The molecule has 1 aliphatic rings. The number of imidazole rings is 1. The first-order valence-corrected chi connectivity index (χ1v) is 6.67. The average Bonchev–Trinajstić information content (AvgIpc) is 2.80. The van der Waals surface area contributed by atoms with Crippen LogP contribution in [0.25, 0.3) is 5.65 Å². The summed E-state index contributed by atoms with van der Waals surface area (Å²) in [5.41, 5.74) is 7.94. The molecule has 1 atom stereocenters. The SMILES string of the molecule is NC1=NC(S)=NCC1CCc1cn2ccccc2n1. The summed E-state index contributed by atoms with van der Waals surface area (Å²) >= 11 is 4.10. The third-order valence-corrected chi connectivity index (χ3v) is 3.50. The van der Waals surface area contributed by atoms with Gasteiger partial charge in [0.25, 0.3) is 0 Å². The van der Waals surface area contributed by atoms with Crippen molar-refractivity contribution >= 4 is 29.3 Å². The number of hydrogen-bond acceptors (Lipinski definition) is 4. The summed E-state index contributed by atoms with van der Waals surface area (Å²) < 4.78 is 2.03. The van der Waals surface area contributed by atoms with E-state index >= 15 is 0 Å². The lowest BCUT2D eigenvalue weighted by Gasteiger charge is -2.16. The monoisotopic (exact) mass is 273 g/mol.